The molecule has 1 aromatic heterocycles. The second-order valence-electron chi connectivity index (χ2n) is 5.29. The number of pyridine rings is 1. The van der Waals surface area contributed by atoms with E-state index in [-0.39, 0.29) is 22.1 Å². The molecule has 0 aromatic carbocycles. The third-order valence-electron chi connectivity index (χ3n) is 3.97. The van der Waals surface area contributed by atoms with E-state index in [4.69, 9.17) is 11.6 Å². The van der Waals surface area contributed by atoms with Gasteiger partial charge in [0.15, 0.2) is 0 Å². The summed E-state index contributed by atoms with van der Waals surface area (Å²) in [5.41, 5.74) is 0. The quantitative estimate of drug-likeness (QED) is 0.797. The van der Waals surface area contributed by atoms with Gasteiger partial charge < -0.3 is 5.11 Å². The van der Waals surface area contributed by atoms with Gasteiger partial charge in [-0.1, -0.05) is 11.6 Å². The van der Waals surface area contributed by atoms with E-state index in [9.17, 15) is 13.5 Å². The number of rotatable bonds is 2. The van der Waals surface area contributed by atoms with E-state index < -0.39 is 16.1 Å². The summed E-state index contributed by atoms with van der Waals surface area (Å²) in [5, 5.41) is 9.76. The van der Waals surface area contributed by atoms with Gasteiger partial charge in [0, 0.05) is 22.8 Å². The summed E-state index contributed by atoms with van der Waals surface area (Å²) in [6, 6.07) is 1.21. The van der Waals surface area contributed by atoms with Crippen LogP contribution in [0.1, 0.15) is 25.7 Å². The largest absolute Gasteiger partial charge is 0.393 e. The van der Waals surface area contributed by atoms with Crippen LogP contribution in [0, 0.1) is 0 Å². The Morgan fingerprint density at radius 2 is 1.95 bits per heavy atom. The van der Waals surface area contributed by atoms with Crippen LogP contribution in [0.3, 0.4) is 0 Å². The predicted octanol–water partition coefficient (Wildman–Crippen LogP) is 2.17. The van der Waals surface area contributed by atoms with Gasteiger partial charge in [0.2, 0.25) is 10.0 Å². The Bertz CT molecular complexity index is 626. The van der Waals surface area contributed by atoms with E-state index >= 15 is 0 Å². The molecule has 2 bridgehead atoms. The summed E-state index contributed by atoms with van der Waals surface area (Å²) in [6.45, 7) is 0. The zero-order chi connectivity index (χ0) is 14.5. The van der Waals surface area contributed by atoms with Gasteiger partial charge in [-0.3, -0.25) is 0 Å². The Kier molecular flexibility index (Phi) is 3.83. The summed E-state index contributed by atoms with van der Waals surface area (Å²) in [7, 11) is -3.68. The smallest absolute Gasteiger partial charge is 0.246 e. The summed E-state index contributed by atoms with van der Waals surface area (Å²) >= 11 is 9.18. The van der Waals surface area contributed by atoms with Crippen molar-refractivity contribution in [2.75, 3.05) is 0 Å². The zero-order valence-electron chi connectivity index (χ0n) is 10.5. The maximum atomic E-state index is 12.8. The van der Waals surface area contributed by atoms with Crippen LogP contribution in [0.5, 0.6) is 0 Å². The lowest BCUT2D eigenvalue weighted by Gasteiger charge is -2.36. The molecule has 2 atom stereocenters. The maximum Gasteiger partial charge on any atom is 0.246 e. The highest BCUT2D eigenvalue weighted by molar-refractivity contribution is 9.10. The number of aliphatic hydroxyl groups is 1. The average Bonchev–Trinajstić information content (AvgIpc) is 2.66. The number of halogens is 2. The minimum Gasteiger partial charge on any atom is -0.393 e. The third-order valence-corrected chi connectivity index (χ3v) is 6.84. The average molecular weight is 382 g/mol. The molecule has 3 heterocycles. The molecular weight excluding hydrogens is 368 g/mol. The van der Waals surface area contributed by atoms with Crippen molar-refractivity contribution in [3.8, 4) is 0 Å². The van der Waals surface area contributed by atoms with Crippen LogP contribution in [-0.2, 0) is 10.0 Å². The van der Waals surface area contributed by atoms with E-state index in [0.717, 1.165) is 12.8 Å². The van der Waals surface area contributed by atoms with Gasteiger partial charge in [-0.15, -0.1) is 0 Å². The summed E-state index contributed by atoms with van der Waals surface area (Å²) in [4.78, 5) is 3.92. The highest BCUT2D eigenvalue weighted by atomic mass is 79.9. The Morgan fingerprint density at radius 1 is 1.35 bits per heavy atom. The molecule has 0 amide bonds. The van der Waals surface area contributed by atoms with Crippen LogP contribution < -0.4 is 0 Å². The topological polar surface area (TPSA) is 70.5 Å². The van der Waals surface area contributed by atoms with Crippen LogP contribution >= 0.6 is 27.5 Å². The van der Waals surface area contributed by atoms with Crippen molar-refractivity contribution < 1.29 is 13.5 Å². The van der Waals surface area contributed by atoms with Crippen LogP contribution in [-0.4, -0.2) is 41.0 Å². The monoisotopic (exact) mass is 380 g/mol. The fourth-order valence-corrected chi connectivity index (χ4v) is 6.01. The maximum absolute atomic E-state index is 12.8. The number of hydrogen-bond donors (Lipinski definition) is 1. The van der Waals surface area contributed by atoms with Crippen molar-refractivity contribution in [1.29, 1.82) is 0 Å². The lowest BCUT2D eigenvalue weighted by molar-refractivity contribution is 0.0768. The number of hydrogen-bond acceptors (Lipinski definition) is 4. The minimum atomic E-state index is -3.68. The second kappa shape index (κ2) is 5.21. The first-order chi connectivity index (χ1) is 9.39. The number of fused-ring (bicyclic) bond motifs is 2. The third kappa shape index (κ3) is 2.39. The highest BCUT2D eigenvalue weighted by Crippen LogP contribution is 2.40. The fraction of sp³-hybridized carbons (Fsp3) is 0.583. The normalized spacial score (nSPS) is 30.6. The lowest BCUT2D eigenvalue weighted by atomic mass is 10.0. The van der Waals surface area contributed by atoms with E-state index in [2.05, 4.69) is 20.9 Å². The van der Waals surface area contributed by atoms with Crippen LogP contribution in [0.25, 0.3) is 0 Å². The molecule has 0 radical (unpaired) electrons. The summed E-state index contributed by atoms with van der Waals surface area (Å²) in [5.74, 6) is 0. The number of piperidine rings is 1. The molecule has 1 N–H and O–H groups in total. The van der Waals surface area contributed by atoms with Gasteiger partial charge in [0.1, 0.15) is 10.0 Å². The van der Waals surface area contributed by atoms with Crippen LogP contribution in [0.2, 0.25) is 5.15 Å². The number of aromatic nitrogens is 1. The summed E-state index contributed by atoms with van der Waals surface area (Å²) < 4.78 is 27.8. The Hall–Kier alpha value is -0.210. The molecule has 110 valence electrons. The molecule has 2 aliphatic rings. The molecule has 2 saturated heterocycles. The molecule has 2 unspecified atom stereocenters. The van der Waals surface area contributed by atoms with Crippen molar-refractivity contribution in [3.05, 3.63) is 21.9 Å². The summed E-state index contributed by atoms with van der Waals surface area (Å²) in [6.07, 6.45) is 3.63. The molecule has 20 heavy (non-hydrogen) atoms. The van der Waals surface area contributed by atoms with Crippen LogP contribution in [0.15, 0.2) is 21.6 Å². The minimum absolute atomic E-state index is 0.0151. The molecule has 0 aliphatic carbocycles. The molecule has 1 aromatic rings. The second-order valence-corrected chi connectivity index (χ2v) is 8.37. The van der Waals surface area contributed by atoms with Crippen molar-refractivity contribution in [2.24, 2.45) is 0 Å². The molecule has 8 heteroatoms. The van der Waals surface area contributed by atoms with Gasteiger partial charge in [0.25, 0.3) is 0 Å². The molecule has 0 spiro atoms. The molecule has 3 rings (SSSR count). The van der Waals surface area contributed by atoms with Crippen molar-refractivity contribution >= 4 is 37.6 Å². The SMILES string of the molecule is O=S(=O)(c1cc(Br)cnc1Cl)N1C2CCC1CC(O)C2. The zero-order valence-corrected chi connectivity index (χ0v) is 13.7. The van der Waals surface area contributed by atoms with E-state index in [1.54, 1.807) is 0 Å². The van der Waals surface area contributed by atoms with Gasteiger partial charge in [-0.25, -0.2) is 13.4 Å². The highest BCUT2D eigenvalue weighted by Gasteiger charge is 2.47. The number of nitrogens with zero attached hydrogens (tertiary/aromatic N) is 2. The molecule has 0 saturated carbocycles. The number of aliphatic hydroxyl groups excluding tert-OH is 1. The van der Waals surface area contributed by atoms with Gasteiger partial charge in [-0.05, 0) is 47.7 Å². The first-order valence-corrected chi connectivity index (χ1v) is 9.03. The fourth-order valence-electron chi connectivity index (χ4n) is 3.20. The van der Waals surface area contributed by atoms with Gasteiger partial charge in [-0.2, -0.15) is 4.31 Å². The molecule has 2 aliphatic heterocycles. The van der Waals surface area contributed by atoms with Crippen molar-refractivity contribution in [2.45, 2.75) is 48.8 Å². The van der Waals surface area contributed by atoms with E-state index in [1.165, 1.54) is 16.6 Å². The van der Waals surface area contributed by atoms with Gasteiger partial charge >= 0.3 is 0 Å². The van der Waals surface area contributed by atoms with Crippen molar-refractivity contribution in [3.63, 3.8) is 0 Å². The molecule has 2 fully saturated rings. The number of sulfonamides is 1. The van der Waals surface area contributed by atoms with E-state index in [0.29, 0.717) is 17.3 Å². The predicted molar refractivity (Wildman–Crippen MR) is 78.0 cm³/mol. The van der Waals surface area contributed by atoms with Crippen molar-refractivity contribution in [1.82, 2.24) is 9.29 Å². The standard InChI is InChI=1S/C12H14BrClN2O3S/c13-7-3-11(12(14)15-6-7)20(18,19)16-8-1-2-9(16)5-10(17)4-8/h3,6,8-10,17H,1-2,4-5H2. The van der Waals surface area contributed by atoms with E-state index in [1.807, 2.05) is 0 Å². The first-order valence-electron chi connectivity index (χ1n) is 6.42. The molecular formula is C12H14BrClN2O3S. The van der Waals surface area contributed by atoms with Gasteiger partial charge in [0.05, 0.1) is 6.10 Å². The Balaban J connectivity index is 2.03. The lowest BCUT2D eigenvalue weighted by Crippen LogP contribution is -2.47. The van der Waals surface area contributed by atoms with Crippen LogP contribution in [0.4, 0.5) is 0 Å². The Morgan fingerprint density at radius 3 is 2.55 bits per heavy atom. The first kappa shape index (κ1) is 14.7. The Labute approximate surface area is 131 Å². The molecule has 5 nitrogen and oxygen atoms in total.